The Morgan fingerprint density at radius 3 is 2.62 bits per heavy atom. The van der Waals surface area contributed by atoms with Crippen molar-refractivity contribution in [2.75, 3.05) is 31.1 Å². The predicted octanol–water partition coefficient (Wildman–Crippen LogP) is 1.85. The number of hydrogen-bond donors (Lipinski definition) is 1. The minimum atomic E-state index is -0.293. The van der Waals surface area contributed by atoms with Gasteiger partial charge in [-0.25, -0.2) is 4.39 Å². The Morgan fingerprint density at radius 2 is 2.05 bits per heavy atom. The molecule has 1 aromatic rings. The van der Waals surface area contributed by atoms with Crippen LogP contribution in [-0.2, 0) is 4.79 Å². The van der Waals surface area contributed by atoms with Crippen LogP contribution in [0, 0.1) is 11.7 Å². The van der Waals surface area contributed by atoms with Crippen LogP contribution in [-0.4, -0.2) is 43.0 Å². The maximum atomic E-state index is 13.0. The van der Waals surface area contributed by atoms with E-state index in [4.69, 9.17) is 5.73 Å². The zero-order chi connectivity index (χ0) is 15.4. The molecule has 1 fully saturated rings. The molecule has 1 saturated heterocycles. The summed E-state index contributed by atoms with van der Waals surface area (Å²) in [5, 5.41) is 0. The summed E-state index contributed by atoms with van der Waals surface area (Å²) in [4.78, 5) is 16.3. The second-order valence-corrected chi connectivity index (χ2v) is 5.91. The predicted molar refractivity (Wildman–Crippen MR) is 82.6 cm³/mol. The zero-order valence-corrected chi connectivity index (χ0v) is 12.8. The number of piperidine rings is 1. The molecule has 2 rings (SSSR count). The minimum absolute atomic E-state index is 0.0328. The highest BCUT2D eigenvalue weighted by Crippen LogP contribution is 2.18. The van der Waals surface area contributed by atoms with Gasteiger partial charge in [0.25, 0.3) is 0 Å². The molecule has 1 aliphatic heterocycles. The lowest BCUT2D eigenvalue weighted by molar-refractivity contribution is -0.120. The Hall–Kier alpha value is -1.46. The van der Waals surface area contributed by atoms with Crippen LogP contribution >= 0.6 is 0 Å². The Balaban J connectivity index is 2.01. The van der Waals surface area contributed by atoms with Crippen molar-refractivity contribution in [2.45, 2.75) is 26.3 Å². The van der Waals surface area contributed by atoms with Crippen LogP contribution in [0.1, 0.15) is 20.3 Å². The zero-order valence-electron chi connectivity index (χ0n) is 12.8. The lowest BCUT2D eigenvalue weighted by Gasteiger charge is -2.35. The molecule has 0 spiro atoms. The summed E-state index contributed by atoms with van der Waals surface area (Å²) < 4.78 is 13.0. The smallest absolute Gasteiger partial charge is 0.241 e. The summed E-state index contributed by atoms with van der Waals surface area (Å²) in [5.41, 5.74) is 6.75. The first-order chi connectivity index (χ1) is 9.99. The molecular weight excluding hydrogens is 269 g/mol. The SMILES string of the molecule is CCN(C(=O)CN1CC(C)CC(N)C1)c1ccc(F)cc1. The van der Waals surface area contributed by atoms with E-state index in [2.05, 4.69) is 11.8 Å². The van der Waals surface area contributed by atoms with Crippen LogP contribution in [0.15, 0.2) is 24.3 Å². The molecule has 2 unspecified atom stereocenters. The monoisotopic (exact) mass is 293 g/mol. The highest BCUT2D eigenvalue weighted by Gasteiger charge is 2.25. The summed E-state index contributed by atoms with van der Waals surface area (Å²) in [6, 6.07) is 6.18. The minimum Gasteiger partial charge on any atom is -0.327 e. The number of amides is 1. The topological polar surface area (TPSA) is 49.6 Å². The maximum absolute atomic E-state index is 13.0. The van der Waals surface area contributed by atoms with E-state index in [1.54, 1.807) is 17.0 Å². The Kier molecular flexibility index (Phi) is 5.31. The summed E-state index contributed by atoms with van der Waals surface area (Å²) >= 11 is 0. The van der Waals surface area contributed by atoms with Crippen molar-refractivity contribution in [2.24, 2.45) is 11.7 Å². The van der Waals surface area contributed by atoms with Crippen molar-refractivity contribution in [1.82, 2.24) is 4.90 Å². The number of nitrogens with zero attached hydrogens (tertiary/aromatic N) is 2. The third-order valence-electron chi connectivity index (χ3n) is 3.88. The van der Waals surface area contributed by atoms with E-state index in [0.717, 1.165) is 25.2 Å². The molecular formula is C16H24FN3O. The van der Waals surface area contributed by atoms with Crippen LogP contribution in [0.4, 0.5) is 10.1 Å². The van der Waals surface area contributed by atoms with Gasteiger partial charge in [-0.15, -0.1) is 0 Å². The standard InChI is InChI=1S/C16H24FN3O/c1-3-20(15-6-4-13(17)5-7-15)16(21)11-19-9-12(2)8-14(18)10-19/h4-7,12,14H,3,8-11,18H2,1-2H3. The maximum Gasteiger partial charge on any atom is 0.241 e. The number of hydrogen-bond acceptors (Lipinski definition) is 3. The molecule has 0 aliphatic carbocycles. The van der Waals surface area contributed by atoms with Gasteiger partial charge in [-0.2, -0.15) is 0 Å². The van der Waals surface area contributed by atoms with E-state index in [-0.39, 0.29) is 17.8 Å². The van der Waals surface area contributed by atoms with Crippen molar-refractivity contribution in [1.29, 1.82) is 0 Å². The normalized spacial score (nSPS) is 23.0. The number of halogens is 1. The van der Waals surface area contributed by atoms with E-state index in [1.807, 2.05) is 6.92 Å². The molecule has 21 heavy (non-hydrogen) atoms. The first-order valence-corrected chi connectivity index (χ1v) is 7.53. The number of rotatable bonds is 4. The number of anilines is 1. The van der Waals surface area contributed by atoms with Gasteiger partial charge in [0.15, 0.2) is 0 Å². The van der Waals surface area contributed by atoms with E-state index in [9.17, 15) is 9.18 Å². The average molecular weight is 293 g/mol. The molecule has 1 heterocycles. The van der Waals surface area contributed by atoms with E-state index >= 15 is 0 Å². The van der Waals surface area contributed by atoms with Gasteiger partial charge in [0, 0.05) is 31.4 Å². The third kappa shape index (κ3) is 4.25. The highest BCUT2D eigenvalue weighted by atomic mass is 19.1. The number of likely N-dealkylation sites (N-methyl/N-ethyl adjacent to an activating group) is 1. The molecule has 1 amide bonds. The lowest BCUT2D eigenvalue weighted by Crippen LogP contribution is -2.50. The molecule has 0 aromatic heterocycles. The summed E-state index contributed by atoms with van der Waals surface area (Å²) in [7, 11) is 0. The second kappa shape index (κ2) is 7.00. The molecule has 2 N–H and O–H groups in total. The molecule has 0 bridgehead atoms. The van der Waals surface area contributed by atoms with Crippen molar-refractivity contribution >= 4 is 11.6 Å². The van der Waals surface area contributed by atoms with Gasteiger partial charge in [0.1, 0.15) is 5.82 Å². The van der Waals surface area contributed by atoms with Crippen LogP contribution in [0.25, 0.3) is 0 Å². The van der Waals surface area contributed by atoms with E-state index < -0.39 is 0 Å². The fourth-order valence-electron chi connectivity index (χ4n) is 3.04. The van der Waals surface area contributed by atoms with Crippen molar-refractivity contribution in [3.8, 4) is 0 Å². The van der Waals surface area contributed by atoms with Crippen LogP contribution in [0.5, 0.6) is 0 Å². The number of carbonyl (C=O) groups excluding carboxylic acids is 1. The average Bonchev–Trinajstić information content (AvgIpc) is 2.40. The van der Waals surface area contributed by atoms with Gasteiger partial charge in [0.2, 0.25) is 5.91 Å². The Bertz CT molecular complexity index is 467. The Morgan fingerprint density at radius 1 is 1.38 bits per heavy atom. The van der Waals surface area contributed by atoms with Crippen LogP contribution in [0.3, 0.4) is 0 Å². The van der Waals surface area contributed by atoms with Crippen molar-refractivity contribution < 1.29 is 9.18 Å². The first-order valence-electron chi connectivity index (χ1n) is 7.53. The lowest BCUT2D eigenvalue weighted by atomic mass is 9.96. The molecule has 0 saturated carbocycles. The molecule has 1 aliphatic rings. The quantitative estimate of drug-likeness (QED) is 0.921. The van der Waals surface area contributed by atoms with Crippen molar-refractivity contribution in [3.63, 3.8) is 0 Å². The van der Waals surface area contributed by atoms with Crippen LogP contribution < -0.4 is 10.6 Å². The summed E-state index contributed by atoms with van der Waals surface area (Å²) in [6.07, 6.45) is 1.01. The Labute approximate surface area is 125 Å². The van der Waals surface area contributed by atoms with Gasteiger partial charge in [-0.3, -0.25) is 9.69 Å². The van der Waals surface area contributed by atoms with Gasteiger partial charge in [-0.1, -0.05) is 6.92 Å². The highest BCUT2D eigenvalue weighted by molar-refractivity contribution is 5.94. The number of nitrogens with two attached hydrogens (primary N) is 1. The fourth-order valence-corrected chi connectivity index (χ4v) is 3.04. The molecule has 0 radical (unpaired) electrons. The van der Waals surface area contributed by atoms with E-state index in [0.29, 0.717) is 19.0 Å². The molecule has 116 valence electrons. The van der Waals surface area contributed by atoms with Crippen LogP contribution in [0.2, 0.25) is 0 Å². The largest absolute Gasteiger partial charge is 0.327 e. The number of benzene rings is 1. The first kappa shape index (κ1) is 15.9. The summed E-state index contributed by atoms with van der Waals surface area (Å²) in [5.74, 6) is 0.255. The van der Waals surface area contributed by atoms with E-state index in [1.165, 1.54) is 12.1 Å². The van der Waals surface area contributed by atoms with Gasteiger partial charge in [-0.05, 0) is 43.5 Å². The molecule has 5 heteroatoms. The fraction of sp³-hybridized carbons (Fsp3) is 0.562. The number of likely N-dealkylation sites (tertiary alicyclic amines) is 1. The third-order valence-corrected chi connectivity index (χ3v) is 3.88. The summed E-state index contributed by atoms with van der Waals surface area (Å²) in [6.45, 7) is 6.68. The molecule has 1 aromatic carbocycles. The second-order valence-electron chi connectivity index (χ2n) is 5.91. The number of carbonyl (C=O) groups is 1. The van der Waals surface area contributed by atoms with Gasteiger partial charge >= 0.3 is 0 Å². The van der Waals surface area contributed by atoms with Gasteiger partial charge in [0.05, 0.1) is 6.54 Å². The molecule has 4 nitrogen and oxygen atoms in total. The molecule has 2 atom stereocenters. The van der Waals surface area contributed by atoms with Gasteiger partial charge < -0.3 is 10.6 Å². The van der Waals surface area contributed by atoms with Crippen molar-refractivity contribution in [3.05, 3.63) is 30.1 Å².